The number of aromatic amines is 1. The number of H-pyrrole nitrogens is 1. The van der Waals surface area contributed by atoms with E-state index >= 15 is 0 Å². The van der Waals surface area contributed by atoms with E-state index in [-0.39, 0.29) is 18.1 Å². The number of aliphatic hydroxyl groups is 2. The summed E-state index contributed by atoms with van der Waals surface area (Å²) in [6.45, 7) is -0.178. The van der Waals surface area contributed by atoms with Gasteiger partial charge in [0, 0.05) is 29.3 Å². The summed E-state index contributed by atoms with van der Waals surface area (Å²) in [5.74, 6) is -1.28. The number of nitrogens with one attached hydrogen (secondary N) is 1. The number of aromatic nitrogens is 2. The number of hydrogen-bond donors (Lipinski definition) is 3. The summed E-state index contributed by atoms with van der Waals surface area (Å²) in [6.07, 6.45) is -0.731. The highest BCUT2D eigenvalue weighted by atomic mass is 19.1. The van der Waals surface area contributed by atoms with Crippen LogP contribution in [0.5, 0.6) is 5.75 Å². The molecule has 1 amide bonds. The summed E-state index contributed by atoms with van der Waals surface area (Å²) < 4.78 is 33.5. The quantitative estimate of drug-likeness (QED) is 0.419. The number of hydrogen-bond acceptors (Lipinski definition) is 5. The van der Waals surface area contributed by atoms with E-state index in [0.29, 0.717) is 41.7 Å². The van der Waals surface area contributed by atoms with Crippen molar-refractivity contribution in [2.75, 3.05) is 20.3 Å². The number of nitrogens with zero attached hydrogens (tertiary/aromatic N) is 2. The Morgan fingerprint density at radius 3 is 2.82 bits per heavy atom. The molecule has 176 valence electrons. The molecule has 1 aliphatic heterocycles. The SMILES string of the molecule is COc1ccc(Cc2nc3c(c4c2[nH]c2ccc(F)cc24)CCN(C(=O)C(O)CO)C3)cc1F. The van der Waals surface area contributed by atoms with Gasteiger partial charge in [0.1, 0.15) is 5.82 Å². The molecule has 2 aromatic heterocycles. The first-order valence-electron chi connectivity index (χ1n) is 10.9. The molecule has 0 radical (unpaired) electrons. The predicted molar refractivity (Wildman–Crippen MR) is 122 cm³/mol. The van der Waals surface area contributed by atoms with Crippen molar-refractivity contribution in [3.05, 3.63) is 70.5 Å². The van der Waals surface area contributed by atoms with E-state index in [9.17, 15) is 18.7 Å². The summed E-state index contributed by atoms with van der Waals surface area (Å²) in [5.41, 5.74) is 4.34. The molecule has 0 aliphatic carbocycles. The summed E-state index contributed by atoms with van der Waals surface area (Å²) in [4.78, 5) is 22.1. The third-order valence-electron chi connectivity index (χ3n) is 6.30. The Balaban J connectivity index is 1.65. The molecule has 9 heteroatoms. The van der Waals surface area contributed by atoms with Gasteiger partial charge in [-0.3, -0.25) is 9.78 Å². The molecular formula is C25H23F2N3O4. The lowest BCUT2D eigenvalue weighted by Crippen LogP contribution is -2.43. The molecule has 7 nitrogen and oxygen atoms in total. The fraction of sp³-hybridized carbons (Fsp3) is 0.280. The van der Waals surface area contributed by atoms with Crippen molar-refractivity contribution in [1.29, 1.82) is 0 Å². The van der Waals surface area contributed by atoms with Crippen molar-refractivity contribution in [2.45, 2.75) is 25.5 Å². The Kier molecular flexibility index (Phi) is 5.66. The summed E-state index contributed by atoms with van der Waals surface area (Å²) in [5, 5.41) is 20.5. The highest BCUT2D eigenvalue weighted by Gasteiger charge is 2.29. The monoisotopic (exact) mass is 467 g/mol. The number of methoxy groups -OCH3 is 1. The third-order valence-corrected chi connectivity index (χ3v) is 6.30. The number of carbonyl (C=O) groups excluding carboxylic acids is 1. The fourth-order valence-electron chi connectivity index (χ4n) is 4.65. The van der Waals surface area contributed by atoms with Crippen molar-refractivity contribution >= 4 is 27.7 Å². The number of rotatable bonds is 5. The molecule has 0 saturated carbocycles. The molecule has 5 rings (SSSR count). The molecule has 0 bridgehead atoms. The van der Waals surface area contributed by atoms with E-state index in [4.69, 9.17) is 14.8 Å². The average Bonchev–Trinajstić information content (AvgIpc) is 3.22. The van der Waals surface area contributed by atoms with Crippen molar-refractivity contribution < 1.29 is 28.5 Å². The van der Waals surface area contributed by atoms with E-state index < -0.39 is 24.4 Å². The number of amides is 1. The Bertz CT molecular complexity index is 1420. The highest BCUT2D eigenvalue weighted by Crippen LogP contribution is 2.35. The maximum Gasteiger partial charge on any atom is 0.254 e. The smallest absolute Gasteiger partial charge is 0.254 e. The van der Waals surface area contributed by atoms with Crippen molar-refractivity contribution in [3.63, 3.8) is 0 Å². The maximum atomic E-state index is 14.3. The van der Waals surface area contributed by atoms with Crippen LogP contribution >= 0.6 is 0 Å². The number of ether oxygens (including phenoxy) is 1. The topological polar surface area (TPSA) is 98.7 Å². The van der Waals surface area contributed by atoms with Gasteiger partial charge in [-0.25, -0.2) is 8.78 Å². The Hall–Kier alpha value is -3.56. The van der Waals surface area contributed by atoms with Crippen LogP contribution in [0.3, 0.4) is 0 Å². The first kappa shape index (κ1) is 22.2. The minimum atomic E-state index is -1.49. The fourth-order valence-corrected chi connectivity index (χ4v) is 4.65. The van der Waals surface area contributed by atoms with Crippen LogP contribution in [0.25, 0.3) is 21.8 Å². The molecule has 1 aliphatic rings. The first-order chi connectivity index (χ1) is 16.4. The molecule has 3 heterocycles. The molecule has 3 N–H and O–H groups in total. The van der Waals surface area contributed by atoms with Gasteiger partial charge in [0.2, 0.25) is 0 Å². The summed E-state index contributed by atoms with van der Waals surface area (Å²) >= 11 is 0. The lowest BCUT2D eigenvalue weighted by molar-refractivity contribution is -0.143. The van der Waals surface area contributed by atoms with Crippen molar-refractivity contribution in [1.82, 2.24) is 14.9 Å². The minimum absolute atomic E-state index is 0.143. The van der Waals surface area contributed by atoms with E-state index in [2.05, 4.69) is 4.98 Å². The van der Waals surface area contributed by atoms with Crippen LogP contribution in [0.15, 0.2) is 36.4 Å². The molecule has 0 saturated heterocycles. The Labute approximate surface area is 193 Å². The van der Waals surface area contributed by atoms with E-state index in [1.165, 1.54) is 30.2 Å². The van der Waals surface area contributed by atoms with Gasteiger partial charge in [-0.1, -0.05) is 6.07 Å². The van der Waals surface area contributed by atoms with Crippen LogP contribution in [0, 0.1) is 11.6 Å². The normalized spacial score (nSPS) is 14.4. The lowest BCUT2D eigenvalue weighted by Gasteiger charge is -2.30. The van der Waals surface area contributed by atoms with Crippen LogP contribution in [-0.2, 0) is 24.2 Å². The van der Waals surface area contributed by atoms with E-state index in [0.717, 1.165) is 22.0 Å². The number of carbonyl (C=O) groups is 1. The molecule has 2 aromatic carbocycles. The molecular weight excluding hydrogens is 444 g/mol. The number of benzene rings is 2. The van der Waals surface area contributed by atoms with Crippen LogP contribution in [0.2, 0.25) is 0 Å². The second kappa shape index (κ2) is 8.66. The zero-order valence-corrected chi connectivity index (χ0v) is 18.4. The van der Waals surface area contributed by atoms with E-state index in [1.807, 2.05) is 0 Å². The molecule has 4 aromatic rings. The van der Waals surface area contributed by atoms with Gasteiger partial charge in [0.15, 0.2) is 17.7 Å². The lowest BCUT2D eigenvalue weighted by atomic mass is 9.96. The number of pyridine rings is 1. The standard InChI is InChI=1S/C25H23F2N3O4/c1-34-22-5-2-13(8-17(22)27)9-19-24-23(16-10-14(26)3-4-18(16)29-24)15-6-7-30(11-20(15)28-19)25(33)21(32)12-31/h2-5,8,10,21,29,31-32H,6-7,9,11-12H2,1H3. The highest BCUT2D eigenvalue weighted by molar-refractivity contribution is 6.10. The number of fused-ring (bicyclic) bond motifs is 5. The van der Waals surface area contributed by atoms with Gasteiger partial charge < -0.3 is 24.8 Å². The zero-order valence-electron chi connectivity index (χ0n) is 18.4. The largest absolute Gasteiger partial charge is 0.494 e. The summed E-state index contributed by atoms with van der Waals surface area (Å²) in [7, 11) is 1.40. The Morgan fingerprint density at radius 2 is 2.09 bits per heavy atom. The van der Waals surface area contributed by atoms with Gasteiger partial charge in [0.05, 0.1) is 37.2 Å². The van der Waals surface area contributed by atoms with Crippen LogP contribution in [-0.4, -0.2) is 57.4 Å². The second-order valence-corrected chi connectivity index (χ2v) is 8.40. The Morgan fingerprint density at radius 1 is 1.26 bits per heavy atom. The number of aliphatic hydroxyl groups excluding tert-OH is 2. The van der Waals surface area contributed by atoms with Crippen LogP contribution < -0.4 is 4.74 Å². The van der Waals surface area contributed by atoms with Crippen molar-refractivity contribution in [2.24, 2.45) is 0 Å². The molecule has 34 heavy (non-hydrogen) atoms. The average molecular weight is 467 g/mol. The molecule has 1 unspecified atom stereocenters. The van der Waals surface area contributed by atoms with Gasteiger partial charge in [-0.05, 0) is 47.9 Å². The number of halogens is 2. The van der Waals surface area contributed by atoms with Gasteiger partial charge in [0.25, 0.3) is 5.91 Å². The predicted octanol–water partition coefficient (Wildman–Crippen LogP) is 2.83. The van der Waals surface area contributed by atoms with Crippen LogP contribution in [0.4, 0.5) is 8.78 Å². The van der Waals surface area contributed by atoms with E-state index in [1.54, 1.807) is 18.2 Å². The van der Waals surface area contributed by atoms with Gasteiger partial charge in [-0.15, -0.1) is 0 Å². The molecule has 1 atom stereocenters. The maximum absolute atomic E-state index is 14.3. The first-order valence-corrected chi connectivity index (χ1v) is 10.9. The second-order valence-electron chi connectivity index (χ2n) is 8.40. The third kappa shape index (κ3) is 3.76. The van der Waals surface area contributed by atoms with Gasteiger partial charge >= 0.3 is 0 Å². The zero-order chi connectivity index (χ0) is 24.0. The molecule has 0 spiro atoms. The summed E-state index contributed by atoms with van der Waals surface area (Å²) in [6, 6.07) is 9.22. The van der Waals surface area contributed by atoms with Crippen LogP contribution in [0.1, 0.15) is 22.5 Å². The van der Waals surface area contributed by atoms with Gasteiger partial charge in [-0.2, -0.15) is 0 Å². The van der Waals surface area contributed by atoms with Crippen molar-refractivity contribution in [3.8, 4) is 5.75 Å². The minimum Gasteiger partial charge on any atom is -0.494 e. The molecule has 0 fully saturated rings.